The van der Waals surface area contributed by atoms with E-state index in [4.69, 9.17) is 26.3 Å². The highest BCUT2D eigenvalue weighted by Crippen LogP contribution is 2.41. The van der Waals surface area contributed by atoms with E-state index >= 15 is 0 Å². The summed E-state index contributed by atoms with van der Waals surface area (Å²) in [5.41, 5.74) is -0.0596. The van der Waals surface area contributed by atoms with Gasteiger partial charge in [-0.25, -0.2) is 10.0 Å². The van der Waals surface area contributed by atoms with E-state index in [1.165, 1.54) is 13.0 Å². The second kappa shape index (κ2) is 9.24. The Balaban J connectivity index is 2.40. The molecule has 0 saturated carbocycles. The van der Waals surface area contributed by atoms with E-state index < -0.39 is 53.3 Å². The zero-order valence-electron chi connectivity index (χ0n) is 15.8. The molecule has 1 aliphatic rings. The lowest BCUT2D eigenvalue weighted by molar-refractivity contribution is -0.976. The average molecular weight is 472 g/mol. The number of esters is 1. The SMILES string of the molecule is Cc1cc2c(c(C)c1Cl)C=C(C(=O)OC(CO[N+](=O)[O-])CO[N+](=O)O)[C@@H](C(F)(F)F)O2. The second-order valence-corrected chi connectivity index (χ2v) is 6.64. The van der Waals surface area contributed by atoms with E-state index in [0.717, 1.165) is 6.08 Å². The Morgan fingerprint density at radius 3 is 2.48 bits per heavy atom. The Morgan fingerprint density at radius 2 is 1.94 bits per heavy atom. The number of rotatable bonds is 8. The van der Waals surface area contributed by atoms with Crippen LogP contribution in [0, 0.1) is 28.9 Å². The van der Waals surface area contributed by atoms with Crippen molar-refractivity contribution in [2.75, 3.05) is 13.2 Å². The van der Waals surface area contributed by atoms with Gasteiger partial charge in [0.2, 0.25) is 12.7 Å². The molecule has 1 aliphatic heterocycles. The highest BCUT2D eigenvalue weighted by Gasteiger charge is 2.49. The molecule has 0 aromatic heterocycles. The lowest BCUT2D eigenvalue weighted by Gasteiger charge is -2.29. The van der Waals surface area contributed by atoms with E-state index in [0.29, 0.717) is 11.1 Å². The van der Waals surface area contributed by atoms with Gasteiger partial charge in [0.1, 0.15) is 17.3 Å². The molecule has 1 N–H and O–H groups in total. The molecule has 0 fully saturated rings. The largest absolute Gasteiger partial charge is 0.475 e. The van der Waals surface area contributed by atoms with Gasteiger partial charge in [-0.15, -0.1) is 10.1 Å². The predicted octanol–water partition coefficient (Wildman–Crippen LogP) is 2.88. The molecule has 15 heteroatoms. The van der Waals surface area contributed by atoms with Crippen LogP contribution < -0.4 is 4.74 Å². The van der Waals surface area contributed by atoms with Gasteiger partial charge in [0.25, 0.3) is 5.09 Å². The first-order chi connectivity index (χ1) is 14.3. The molecule has 170 valence electrons. The summed E-state index contributed by atoms with van der Waals surface area (Å²) in [6, 6.07) is 1.29. The quantitative estimate of drug-likeness (QED) is 0.344. The van der Waals surface area contributed by atoms with Gasteiger partial charge in [-0.3, -0.25) is 0 Å². The third kappa shape index (κ3) is 5.87. The van der Waals surface area contributed by atoms with Crippen LogP contribution in [0.2, 0.25) is 5.02 Å². The molecule has 31 heavy (non-hydrogen) atoms. The van der Waals surface area contributed by atoms with Gasteiger partial charge in [0, 0.05) is 10.6 Å². The fourth-order valence-electron chi connectivity index (χ4n) is 2.67. The summed E-state index contributed by atoms with van der Waals surface area (Å²) in [6.07, 6.45) is -8.57. The first-order valence-corrected chi connectivity index (χ1v) is 8.71. The van der Waals surface area contributed by atoms with Gasteiger partial charge < -0.3 is 14.3 Å². The molecule has 0 bridgehead atoms. The first-order valence-electron chi connectivity index (χ1n) is 8.33. The van der Waals surface area contributed by atoms with Crippen LogP contribution in [0.4, 0.5) is 13.2 Å². The number of carbonyl (C=O) groups excluding carboxylic acids is 1. The maximum atomic E-state index is 13.6. The van der Waals surface area contributed by atoms with E-state index in [1.54, 1.807) is 6.92 Å². The summed E-state index contributed by atoms with van der Waals surface area (Å²) in [6.45, 7) is 1.13. The van der Waals surface area contributed by atoms with Gasteiger partial charge in [-0.2, -0.15) is 18.0 Å². The van der Waals surface area contributed by atoms with Gasteiger partial charge in [-0.1, -0.05) is 11.6 Å². The monoisotopic (exact) mass is 471 g/mol. The maximum Gasteiger partial charge on any atom is 0.475 e. The number of ether oxygens (including phenoxy) is 2. The van der Waals surface area contributed by atoms with Gasteiger partial charge in [0.05, 0.1) is 5.57 Å². The van der Waals surface area contributed by atoms with Crippen molar-refractivity contribution >= 4 is 23.6 Å². The van der Waals surface area contributed by atoms with Crippen molar-refractivity contribution in [1.29, 1.82) is 0 Å². The van der Waals surface area contributed by atoms with Gasteiger partial charge in [0.15, 0.2) is 6.10 Å². The Bertz CT molecular complexity index is 918. The third-order valence-corrected chi connectivity index (χ3v) is 4.64. The Labute approximate surface area is 176 Å². The molecule has 0 amide bonds. The van der Waals surface area contributed by atoms with Crippen LogP contribution in [0.15, 0.2) is 11.6 Å². The molecule has 2 rings (SSSR count). The number of nitrogens with zero attached hydrogens (tertiary/aromatic N) is 2. The van der Waals surface area contributed by atoms with E-state index in [-0.39, 0.29) is 16.3 Å². The number of hydrogen-bond acceptors (Lipinski definition) is 8. The summed E-state index contributed by atoms with van der Waals surface area (Å²) >= 11 is 6.12. The molecule has 0 spiro atoms. The number of aryl methyl sites for hydroxylation is 1. The van der Waals surface area contributed by atoms with E-state index in [9.17, 15) is 33.0 Å². The molecule has 1 heterocycles. The van der Waals surface area contributed by atoms with E-state index in [2.05, 4.69) is 9.68 Å². The van der Waals surface area contributed by atoms with Crippen LogP contribution in [-0.2, 0) is 19.2 Å². The first kappa shape index (κ1) is 24.0. The number of benzene rings is 1. The Hall–Kier alpha value is -3.29. The maximum absolute atomic E-state index is 13.6. The van der Waals surface area contributed by atoms with E-state index in [1.807, 2.05) is 0 Å². The van der Waals surface area contributed by atoms with Crippen molar-refractivity contribution in [2.24, 2.45) is 0 Å². The summed E-state index contributed by atoms with van der Waals surface area (Å²) in [7, 11) is 0. The van der Waals surface area contributed by atoms with Crippen LogP contribution in [0.3, 0.4) is 0 Å². The van der Waals surface area contributed by atoms with Crippen LogP contribution in [0.5, 0.6) is 5.75 Å². The number of carbonyl (C=O) groups is 1. The summed E-state index contributed by atoms with van der Waals surface area (Å²) in [5, 5.41) is 16.7. The Morgan fingerprint density at radius 1 is 1.32 bits per heavy atom. The van der Waals surface area contributed by atoms with Crippen LogP contribution >= 0.6 is 11.6 Å². The molecule has 11 nitrogen and oxygen atoms in total. The molecule has 1 aromatic rings. The van der Waals surface area contributed by atoms with Crippen LogP contribution in [0.25, 0.3) is 6.08 Å². The Kier molecular flexibility index (Phi) is 7.15. The molecule has 0 saturated heterocycles. The van der Waals surface area contributed by atoms with Crippen molar-refractivity contribution in [3.05, 3.63) is 48.4 Å². The molecule has 0 radical (unpaired) electrons. The van der Waals surface area contributed by atoms with Crippen molar-refractivity contribution in [1.82, 2.24) is 0 Å². The fraction of sp³-hybridized carbons (Fsp3) is 0.438. The predicted molar refractivity (Wildman–Crippen MR) is 93.6 cm³/mol. The number of alkyl halides is 3. The number of fused-ring (bicyclic) bond motifs is 1. The second-order valence-electron chi connectivity index (χ2n) is 6.26. The van der Waals surface area contributed by atoms with Crippen LogP contribution in [-0.4, -0.2) is 52.9 Å². The summed E-state index contributed by atoms with van der Waals surface area (Å²) in [5.74, 6) is -1.72. The van der Waals surface area contributed by atoms with Gasteiger partial charge >= 0.3 is 17.2 Å². The number of halogens is 4. The van der Waals surface area contributed by atoms with Crippen molar-refractivity contribution in [3.8, 4) is 5.75 Å². The van der Waals surface area contributed by atoms with Crippen molar-refractivity contribution < 1.29 is 52.5 Å². The third-order valence-electron chi connectivity index (χ3n) is 4.06. The minimum Gasteiger partial charge on any atom is -0.475 e. The smallest absolute Gasteiger partial charge is 0.475 e. The molecular formula is C16H15ClF3N2O9+. The zero-order valence-corrected chi connectivity index (χ0v) is 16.6. The highest BCUT2D eigenvalue weighted by molar-refractivity contribution is 6.32. The highest BCUT2D eigenvalue weighted by atomic mass is 35.5. The molecular weight excluding hydrogens is 457 g/mol. The minimum absolute atomic E-state index is 0.110. The normalized spacial score (nSPS) is 16.3. The fourth-order valence-corrected chi connectivity index (χ4v) is 2.83. The zero-order chi connectivity index (χ0) is 23.5. The number of hydrogen-bond donors (Lipinski definition) is 1. The van der Waals surface area contributed by atoms with Crippen molar-refractivity contribution in [3.63, 3.8) is 0 Å². The van der Waals surface area contributed by atoms with Crippen LogP contribution in [0.1, 0.15) is 16.7 Å². The minimum atomic E-state index is -5.02. The lowest BCUT2D eigenvalue weighted by Crippen LogP contribution is -2.42. The van der Waals surface area contributed by atoms with Gasteiger partial charge in [-0.05, 0) is 37.1 Å². The average Bonchev–Trinajstić information content (AvgIpc) is 2.66. The standard InChI is InChI=1S/C16H15ClF3N2O9/c1-7-3-12-10(8(2)13(7)17)4-11(14(31-12)16(18,19)20)15(23)30-9(5-28-21(24)25)6-29-22(26)27/h3-4,9,14H,5-6H2,1-2H3,(H,24,25)/q+1/t9?,14-/m0/s1. The molecule has 1 unspecified atom stereocenters. The summed E-state index contributed by atoms with van der Waals surface area (Å²) < 4.78 is 50.4. The molecule has 1 aromatic carbocycles. The summed E-state index contributed by atoms with van der Waals surface area (Å²) in [4.78, 5) is 41.3. The molecule has 0 aliphatic carbocycles. The van der Waals surface area contributed by atoms with Crippen molar-refractivity contribution in [2.45, 2.75) is 32.2 Å². The topological polar surface area (TPSA) is 137 Å². The molecule has 2 atom stereocenters. The lowest BCUT2D eigenvalue weighted by atomic mass is 9.96.